The molecule has 3 aromatic rings. The molecule has 0 aliphatic heterocycles. The highest BCUT2D eigenvalue weighted by molar-refractivity contribution is 5.44. The smallest absolute Gasteiger partial charge is 0.162 e. The molecule has 0 bridgehead atoms. The fraction of sp³-hybridized carbons (Fsp3) is 0.182. The molecule has 0 aliphatic carbocycles. The molecule has 4 nitrogen and oxygen atoms in total. The summed E-state index contributed by atoms with van der Waals surface area (Å²) in [4.78, 5) is 0. The first-order chi connectivity index (χ1) is 12.8. The molecule has 1 atom stereocenters. The van der Waals surface area contributed by atoms with E-state index in [1.54, 1.807) is 18.2 Å². The van der Waals surface area contributed by atoms with E-state index in [0.717, 1.165) is 11.1 Å². The lowest BCUT2D eigenvalue weighted by molar-refractivity contribution is 0.0952. The second kappa shape index (κ2) is 9.04. The van der Waals surface area contributed by atoms with Crippen molar-refractivity contribution in [2.45, 2.75) is 19.3 Å². The number of hydrogen-bond donors (Lipinski definition) is 2. The van der Waals surface area contributed by atoms with Crippen molar-refractivity contribution < 1.29 is 19.7 Å². The van der Waals surface area contributed by atoms with Crippen LogP contribution in [0.4, 0.5) is 0 Å². The van der Waals surface area contributed by atoms with Crippen molar-refractivity contribution in [1.82, 2.24) is 0 Å². The zero-order valence-electron chi connectivity index (χ0n) is 14.4. The molecule has 3 rings (SSSR count). The average Bonchev–Trinajstić information content (AvgIpc) is 2.72. The van der Waals surface area contributed by atoms with Crippen LogP contribution in [-0.4, -0.2) is 16.8 Å². The predicted molar refractivity (Wildman–Crippen MR) is 100 cm³/mol. The van der Waals surface area contributed by atoms with E-state index in [2.05, 4.69) is 0 Å². The molecule has 0 radical (unpaired) electrons. The second-order valence-electron chi connectivity index (χ2n) is 5.95. The molecule has 0 spiro atoms. The number of hydrogen-bond acceptors (Lipinski definition) is 4. The van der Waals surface area contributed by atoms with Gasteiger partial charge in [0.2, 0.25) is 0 Å². The Bertz CT molecular complexity index is 803. The zero-order chi connectivity index (χ0) is 18.2. The third-order valence-electron chi connectivity index (χ3n) is 4.00. The van der Waals surface area contributed by atoms with E-state index >= 15 is 0 Å². The van der Waals surface area contributed by atoms with Crippen LogP contribution >= 0.6 is 0 Å². The highest BCUT2D eigenvalue weighted by Gasteiger charge is 2.12. The summed E-state index contributed by atoms with van der Waals surface area (Å²) in [6.45, 7) is 0.466. The van der Waals surface area contributed by atoms with Crippen LogP contribution in [0, 0.1) is 0 Å². The maximum atomic E-state index is 9.89. The maximum Gasteiger partial charge on any atom is 0.162 e. The van der Waals surface area contributed by atoms with E-state index in [1.807, 2.05) is 60.7 Å². The van der Waals surface area contributed by atoms with Gasteiger partial charge in [-0.2, -0.15) is 0 Å². The number of aliphatic hydroxyl groups is 2. The zero-order valence-corrected chi connectivity index (χ0v) is 14.4. The van der Waals surface area contributed by atoms with E-state index in [9.17, 15) is 10.2 Å². The Balaban J connectivity index is 1.77. The molecule has 0 saturated carbocycles. The molecule has 2 N–H and O–H groups in total. The Kier molecular flexibility index (Phi) is 6.25. The minimum Gasteiger partial charge on any atom is -0.485 e. The summed E-state index contributed by atoms with van der Waals surface area (Å²) < 4.78 is 11.8. The predicted octanol–water partition coefficient (Wildman–Crippen LogP) is 3.87. The van der Waals surface area contributed by atoms with Crippen LogP contribution in [0.1, 0.15) is 22.8 Å². The Hall–Kier alpha value is -2.82. The summed E-state index contributed by atoms with van der Waals surface area (Å²) in [5.74, 6) is 1.13. The van der Waals surface area contributed by atoms with Gasteiger partial charge in [0.05, 0.1) is 6.61 Å². The van der Waals surface area contributed by atoms with Gasteiger partial charge < -0.3 is 19.7 Å². The average molecular weight is 350 g/mol. The monoisotopic (exact) mass is 350 g/mol. The molecule has 3 aromatic carbocycles. The molecule has 0 aromatic heterocycles. The second-order valence-corrected chi connectivity index (χ2v) is 5.95. The molecule has 0 heterocycles. The van der Waals surface area contributed by atoms with E-state index in [4.69, 9.17) is 9.47 Å². The Morgan fingerprint density at radius 1 is 0.692 bits per heavy atom. The highest BCUT2D eigenvalue weighted by atomic mass is 16.5. The number of aliphatic hydroxyl groups excluding tert-OH is 2. The van der Waals surface area contributed by atoms with Gasteiger partial charge in [-0.1, -0.05) is 66.7 Å². The first-order valence-electron chi connectivity index (χ1n) is 8.52. The van der Waals surface area contributed by atoms with E-state index in [0.29, 0.717) is 30.3 Å². The Labute approximate surface area is 153 Å². The van der Waals surface area contributed by atoms with Crippen LogP contribution < -0.4 is 9.47 Å². The Morgan fingerprint density at radius 3 is 1.77 bits per heavy atom. The Morgan fingerprint density at radius 2 is 1.23 bits per heavy atom. The van der Waals surface area contributed by atoms with Crippen LogP contribution in [0.3, 0.4) is 0 Å². The summed E-state index contributed by atoms with van der Waals surface area (Å²) in [7, 11) is 0. The van der Waals surface area contributed by atoms with Crippen molar-refractivity contribution >= 4 is 0 Å². The van der Waals surface area contributed by atoms with Gasteiger partial charge >= 0.3 is 0 Å². The third-order valence-corrected chi connectivity index (χ3v) is 4.00. The fourth-order valence-corrected chi connectivity index (χ4v) is 2.54. The standard InChI is InChI=1S/C22H22O4/c23-14-20(24)19-11-12-21(25-15-17-7-3-1-4-8-17)22(13-19)26-16-18-9-5-2-6-10-18/h1-13,20,23-24H,14-16H2/t20-/m1/s1. The molecule has 0 saturated heterocycles. The van der Waals surface area contributed by atoms with Gasteiger partial charge in [-0.3, -0.25) is 0 Å². The molecular weight excluding hydrogens is 328 g/mol. The molecular formula is C22H22O4. The third kappa shape index (κ3) is 4.85. The summed E-state index contributed by atoms with van der Waals surface area (Å²) in [5.41, 5.74) is 2.68. The van der Waals surface area contributed by atoms with E-state index < -0.39 is 6.10 Å². The van der Waals surface area contributed by atoms with Crippen LogP contribution in [0.15, 0.2) is 78.9 Å². The minimum atomic E-state index is -0.947. The lowest BCUT2D eigenvalue weighted by Crippen LogP contribution is -2.05. The molecule has 0 fully saturated rings. The SMILES string of the molecule is OC[C@@H](O)c1ccc(OCc2ccccc2)c(OCc2ccccc2)c1. The van der Waals surface area contributed by atoms with Gasteiger partial charge in [-0.05, 0) is 28.8 Å². The molecule has 0 amide bonds. The van der Waals surface area contributed by atoms with Crippen molar-refractivity contribution in [3.63, 3.8) is 0 Å². The van der Waals surface area contributed by atoms with Crippen molar-refractivity contribution in [1.29, 1.82) is 0 Å². The van der Waals surface area contributed by atoms with Gasteiger partial charge in [-0.25, -0.2) is 0 Å². The minimum absolute atomic E-state index is 0.345. The first kappa shape index (κ1) is 18.0. The van der Waals surface area contributed by atoms with Crippen molar-refractivity contribution in [3.8, 4) is 11.5 Å². The maximum absolute atomic E-state index is 9.89. The van der Waals surface area contributed by atoms with Gasteiger partial charge in [0.15, 0.2) is 11.5 Å². The van der Waals surface area contributed by atoms with E-state index in [-0.39, 0.29) is 6.61 Å². The molecule has 26 heavy (non-hydrogen) atoms. The largest absolute Gasteiger partial charge is 0.485 e. The number of ether oxygens (including phenoxy) is 2. The quantitative estimate of drug-likeness (QED) is 0.647. The summed E-state index contributed by atoms with van der Waals surface area (Å²) in [6.07, 6.45) is -0.947. The van der Waals surface area contributed by atoms with Crippen LogP contribution in [-0.2, 0) is 13.2 Å². The topological polar surface area (TPSA) is 58.9 Å². The van der Waals surface area contributed by atoms with Crippen LogP contribution in [0.5, 0.6) is 11.5 Å². The summed E-state index contributed by atoms with van der Waals surface area (Å²) in [6, 6.07) is 24.9. The highest BCUT2D eigenvalue weighted by Crippen LogP contribution is 2.32. The lowest BCUT2D eigenvalue weighted by atomic mass is 10.1. The van der Waals surface area contributed by atoms with Gasteiger partial charge in [0, 0.05) is 0 Å². The molecule has 0 aliphatic rings. The van der Waals surface area contributed by atoms with Crippen molar-refractivity contribution in [2.24, 2.45) is 0 Å². The first-order valence-corrected chi connectivity index (χ1v) is 8.52. The lowest BCUT2D eigenvalue weighted by Gasteiger charge is -2.16. The molecule has 0 unspecified atom stereocenters. The van der Waals surface area contributed by atoms with E-state index in [1.165, 1.54) is 0 Å². The van der Waals surface area contributed by atoms with Crippen LogP contribution in [0.2, 0.25) is 0 Å². The normalized spacial score (nSPS) is 11.8. The fourth-order valence-electron chi connectivity index (χ4n) is 2.54. The summed E-state index contributed by atoms with van der Waals surface area (Å²) in [5, 5.41) is 19.1. The summed E-state index contributed by atoms with van der Waals surface area (Å²) >= 11 is 0. The van der Waals surface area contributed by atoms with Gasteiger partial charge in [0.25, 0.3) is 0 Å². The number of rotatable bonds is 8. The molecule has 4 heteroatoms. The van der Waals surface area contributed by atoms with Gasteiger partial charge in [-0.15, -0.1) is 0 Å². The van der Waals surface area contributed by atoms with Crippen molar-refractivity contribution in [3.05, 3.63) is 95.6 Å². The van der Waals surface area contributed by atoms with Crippen molar-refractivity contribution in [2.75, 3.05) is 6.61 Å². The number of benzene rings is 3. The van der Waals surface area contributed by atoms with Gasteiger partial charge in [0.1, 0.15) is 19.3 Å². The van der Waals surface area contributed by atoms with Crippen LogP contribution in [0.25, 0.3) is 0 Å². The molecule has 134 valence electrons.